The highest BCUT2D eigenvalue weighted by atomic mass is 16.5. The van der Waals surface area contributed by atoms with Crippen molar-refractivity contribution in [1.29, 1.82) is 0 Å². The Morgan fingerprint density at radius 2 is 1.97 bits per heavy atom. The van der Waals surface area contributed by atoms with E-state index in [1.165, 1.54) is 0 Å². The second-order valence-corrected chi connectivity index (χ2v) is 8.07. The highest BCUT2D eigenvalue weighted by Crippen LogP contribution is 2.33. The number of rotatable bonds is 7. The summed E-state index contributed by atoms with van der Waals surface area (Å²) in [7, 11) is 1.65. The number of hydrogen-bond donors (Lipinski definition) is 0. The van der Waals surface area contributed by atoms with Gasteiger partial charge in [-0.3, -0.25) is 14.5 Å². The second-order valence-electron chi connectivity index (χ2n) is 8.07. The molecular formula is C24H26N4O4. The molecule has 166 valence electrons. The molecule has 32 heavy (non-hydrogen) atoms. The molecule has 0 aromatic heterocycles. The number of nitrogens with zero attached hydrogens (tertiary/aromatic N) is 4. The zero-order valence-corrected chi connectivity index (χ0v) is 18.1. The summed E-state index contributed by atoms with van der Waals surface area (Å²) < 4.78 is 11.1. The second kappa shape index (κ2) is 9.85. The Morgan fingerprint density at radius 3 is 2.69 bits per heavy atom. The Balaban J connectivity index is 1.59. The number of amides is 2. The maximum Gasteiger partial charge on any atom is 0.257 e. The zero-order chi connectivity index (χ0) is 22.5. The average molecular weight is 434 g/mol. The Kier molecular flexibility index (Phi) is 6.73. The van der Waals surface area contributed by atoms with Crippen molar-refractivity contribution in [1.82, 2.24) is 4.90 Å². The highest BCUT2D eigenvalue weighted by molar-refractivity contribution is 5.99. The fourth-order valence-corrected chi connectivity index (χ4v) is 4.60. The molecule has 0 spiro atoms. The van der Waals surface area contributed by atoms with Gasteiger partial charge in [0.05, 0.1) is 7.11 Å². The van der Waals surface area contributed by atoms with Crippen LogP contribution >= 0.6 is 0 Å². The standard InChI is InChI=1S/C24H26N4O4/c1-31-21-12-11-17(18-9-5-6-10-19(18)21)14-20(26-27-25)24(30)28-22(29)15-32-23(28)13-16-7-3-2-4-8-16/h2-4,7-8,11-12,20,23H,5-6,9-10,13-15H2,1H3/t20-,23-/m0/s1. The van der Waals surface area contributed by atoms with Crippen LogP contribution in [0.2, 0.25) is 0 Å². The maximum atomic E-state index is 13.4. The van der Waals surface area contributed by atoms with Gasteiger partial charge >= 0.3 is 0 Å². The molecule has 2 aliphatic rings. The van der Waals surface area contributed by atoms with E-state index >= 15 is 0 Å². The number of carbonyl (C=O) groups excluding carboxylic acids is 2. The third-order valence-electron chi connectivity index (χ3n) is 6.14. The molecule has 2 atom stereocenters. The van der Waals surface area contributed by atoms with Gasteiger partial charge in [-0.2, -0.15) is 0 Å². The van der Waals surface area contributed by atoms with Crippen LogP contribution in [0, 0.1) is 0 Å². The summed E-state index contributed by atoms with van der Waals surface area (Å²) in [4.78, 5) is 29.9. The number of ether oxygens (including phenoxy) is 2. The minimum atomic E-state index is -1.02. The Morgan fingerprint density at radius 1 is 1.22 bits per heavy atom. The molecule has 2 aromatic rings. The minimum absolute atomic E-state index is 0.163. The first-order valence-electron chi connectivity index (χ1n) is 10.9. The molecule has 0 radical (unpaired) electrons. The third kappa shape index (κ3) is 4.47. The smallest absolute Gasteiger partial charge is 0.257 e. The summed E-state index contributed by atoms with van der Waals surface area (Å²) >= 11 is 0. The molecule has 1 fully saturated rings. The third-order valence-corrected chi connectivity index (χ3v) is 6.14. The number of hydrogen-bond acceptors (Lipinski definition) is 5. The summed E-state index contributed by atoms with van der Waals surface area (Å²) in [6.45, 7) is -0.163. The van der Waals surface area contributed by atoms with E-state index in [9.17, 15) is 9.59 Å². The van der Waals surface area contributed by atoms with Crippen LogP contribution in [0.15, 0.2) is 47.6 Å². The molecule has 1 aliphatic carbocycles. The first-order valence-corrected chi connectivity index (χ1v) is 10.9. The molecule has 8 nitrogen and oxygen atoms in total. The average Bonchev–Trinajstić information content (AvgIpc) is 3.18. The topological polar surface area (TPSA) is 105 Å². The van der Waals surface area contributed by atoms with Gasteiger partial charge in [-0.05, 0) is 66.0 Å². The molecule has 0 saturated carbocycles. The van der Waals surface area contributed by atoms with Crippen LogP contribution in [0.4, 0.5) is 0 Å². The molecule has 0 bridgehead atoms. The quantitative estimate of drug-likeness (QED) is 0.376. The Labute approximate surface area is 186 Å². The summed E-state index contributed by atoms with van der Waals surface area (Å²) in [6.07, 6.45) is 3.87. The lowest BCUT2D eigenvalue weighted by Gasteiger charge is -2.26. The lowest BCUT2D eigenvalue weighted by atomic mass is 9.85. The highest BCUT2D eigenvalue weighted by Gasteiger charge is 2.40. The van der Waals surface area contributed by atoms with Gasteiger partial charge < -0.3 is 9.47 Å². The summed E-state index contributed by atoms with van der Waals surface area (Å²) in [5, 5.41) is 3.78. The van der Waals surface area contributed by atoms with E-state index in [0.717, 1.165) is 58.6 Å². The number of benzene rings is 2. The summed E-state index contributed by atoms with van der Waals surface area (Å²) in [6, 6.07) is 12.3. The Hall–Kier alpha value is -3.35. The van der Waals surface area contributed by atoms with Gasteiger partial charge in [0.1, 0.15) is 24.6 Å². The van der Waals surface area contributed by atoms with E-state index in [-0.39, 0.29) is 13.0 Å². The van der Waals surface area contributed by atoms with Crippen molar-refractivity contribution in [3.05, 3.63) is 75.2 Å². The van der Waals surface area contributed by atoms with Gasteiger partial charge in [-0.15, -0.1) is 0 Å². The van der Waals surface area contributed by atoms with Crippen molar-refractivity contribution in [3.8, 4) is 5.75 Å². The lowest BCUT2D eigenvalue weighted by molar-refractivity contribution is -0.146. The fourth-order valence-electron chi connectivity index (χ4n) is 4.60. The van der Waals surface area contributed by atoms with Crippen molar-refractivity contribution in [3.63, 3.8) is 0 Å². The Bertz CT molecular complexity index is 1050. The van der Waals surface area contributed by atoms with Crippen LogP contribution in [0.25, 0.3) is 10.4 Å². The van der Waals surface area contributed by atoms with Gasteiger partial charge in [-0.1, -0.05) is 41.5 Å². The zero-order valence-electron chi connectivity index (χ0n) is 18.1. The van der Waals surface area contributed by atoms with Gasteiger partial charge in [0.25, 0.3) is 5.91 Å². The number of imide groups is 1. The van der Waals surface area contributed by atoms with Gasteiger partial charge in [-0.25, -0.2) is 0 Å². The molecule has 1 aliphatic heterocycles. The molecular weight excluding hydrogens is 408 g/mol. The first kappa shape index (κ1) is 21.9. The molecule has 8 heteroatoms. The predicted molar refractivity (Wildman–Crippen MR) is 118 cm³/mol. The lowest BCUT2D eigenvalue weighted by Crippen LogP contribution is -2.46. The van der Waals surface area contributed by atoms with Crippen LogP contribution < -0.4 is 4.74 Å². The van der Waals surface area contributed by atoms with Crippen molar-refractivity contribution in [2.24, 2.45) is 5.11 Å². The van der Waals surface area contributed by atoms with Crippen molar-refractivity contribution in [2.45, 2.75) is 50.8 Å². The van der Waals surface area contributed by atoms with Crippen LogP contribution in [0.3, 0.4) is 0 Å². The van der Waals surface area contributed by atoms with Crippen LogP contribution in [-0.2, 0) is 40.0 Å². The van der Waals surface area contributed by atoms with Gasteiger partial charge in [0, 0.05) is 11.3 Å². The SMILES string of the molecule is COc1ccc(C[C@H](N=[N+]=[N-])C(=O)N2C(=O)CO[C@H]2Cc2ccccc2)c2c1CCCC2. The molecule has 2 aromatic carbocycles. The van der Waals surface area contributed by atoms with E-state index in [1.54, 1.807) is 7.11 Å². The fraction of sp³-hybridized carbons (Fsp3) is 0.417. The van der Waals surface area contributed by atoms with Crippen LogP contribution in [0.1, 0.15) is 35.1 Å². The monoisotopic (exact) mass is 434 g/mol. The van der Waals surface area contributed by atoms with Gasteiger partial charge in [0.2, 0.25) is 5.91 Å². The molecule has 2 amide bonds. The molecule has 4 rings (SSSR count). The molecule has 1 saturated heterocycles. The number of azide groups is 1. The molecule has 0 unspecified atom stereocenters. The number of methoxy groups -OCH3 is 1. The molecule has 0 N–H and O–H groups in total. The first-order chi connectivity index (χ1) is 15.6. The summed E-state index contributed by atoms with van der Waals surface area (Å²) in [5.74, 6) is -0.0846. The summed E-state index contributed by atoms with van der Waals surface area (Å²) in [5.41, 5.74) is 13.4. The van der Waals surface area contributed by atoms with E-state index in [0.29, 0.717) is 6.42 Å². The van der Waals surface area contributed by atoms with Crippen LogP contribution in [-0.4, -0.2) is 42.7 Å². The molecule has 1 heterocycles. The van der Waals surface area contributed by atoms with E-state index in [2.05, 4.69) is 10.0 Å². The van der Waals surface area contributed by atoms with Crippen molar-refractivity contribution < 1.29 is 19.1 Å². The number of fused-ring (bicyclic) bond motifs is 1. The van der Waals surface area contributed by atoms with E-state index in [4.69, 9.17) is 15.0 Å². The van der Waals surface area contributed by atoms with Crippen molar-refractivity contribution >= 4 is 11.8 Å². The van der Waals surface area contributed by atoms with Gasteiger partial charge in [0.15, 0.2) is 0 Å². The predicted octanol–water partition coefficient (Wildman–Crippen LogP) is 3.75. The normalized spacial score (nSPS) is 18.6. The largest absolute Gasteiger partial charge is 0.496 e. The van der Waals surface area contributed by atoms with E-state index < -0.39 is 24.1 Å². The minimum Gasteiger partial charge on any atom is -0.496 e. The number of carbonyl (C=O) groups is 2. The van der Waals surface area contributed by atoms with Crippen molar-refractivity contribution in [2.75, 3.05) is 13.7 Å². The maximum absolute atomic E-state index is 13.4. The van der Waals surface area contributed by atoms with E-state index in [1.807, 2.05) is 42.5 Å². The van der Waals surface area contributed by atoms with Crippen LogP contribution in [0.5, 0.6) is 5.75 Å².